The molecule has 6 heteroatoms. The molecule has 0 aliphatic rings. The van der Waals surface area contributed by atoms with E-state index in [0.717, 1.165) is 16.8 Å². The molecule has 29 heavy (non-hydrogen) atoms. The highest BCUT2D eigenvalue weighted by Crippen LogP contribution is 2.26. The average molecular weight is 393 g/mol. The van der Waals surface area contributed by atoms with Crippen molar-refractivity contribution in [2.75, 3.05) is 7.11 Å². The van der Waals surface area contributed by atoms with Crippen LogP contribution in [0.15, 0.2) is 66.9 Å². The lowest BCUT2D eigenvalue weighted by Crippen LogP contribution is -2.11. The van der Waals surface area contributed by atoms with Crippen LogP contribution in [0.1, 0.15) is 39.5 Å². The van der Waals surface area contributed by atoms with Crippen molar-refractivity contribution in [2.45, 2.75) is 25.4 Å². The summed E-state index contributed by atoms with van der Waals surface area (Å²) >= 11 is 0. The lowest BCUT2D eigenvalue weighted by molar-refractivity contribution is -0.141. The van der Waals surface area contributed by atoms with Crippen LogP contribution in [-0.4, -0.2) is 29.1 Å². The number of carbonyl (C=O) groups excluding carboxylic acids is 2. The maximum atomic E-state index is 12.4. The topological polar surface area (TPSA) is 88.6 Å². The molecule has 0 saturated carbocycles. The summed E-state index contributed by atoms with van der Waals surface area (Å²) in [5.74, 6) is -0.793. The zero-order valence-corrected chi connectivity index (χ0v) is 16.1. The van der Waals surface area contributed by atoms with Gasteiger partial charge in [-0.25, -0.2) is 4.79 Å². The van der Waals surface area contributed by atoms with Gasteiger partial charge < -0.3 is 19.6 Å². The zero-order valence-electron chi connectivity index (χ0n) is 16.1. The van der Waals surface area contributed by atoms with Crippen molar-refractivity contribution >= 4 is 11.9 Å². The fraction of sp³-hybridized carbons (Fsp3) is 0.217. The molecule has 150 valence electrons. The number of hydrogen-bond donors (Lipinski definition) is 2. The number of phenols is 1. The van der Waals surface area contributed by atoms with Crippen LogP contribution in [0.3, 0.4) is 0 Å². The van der Waals surface area contributed by atoms with Crippen LogP contribution in [0.2, 0.25) is 0 Å². The molecule has 0 fully saturated rings. The van der Waals surface area contributed by atoms with Crippen LogP contribution in [0.25, 0.3) is 0 Å². The second-order valence-corrected chi connectivity index (χ2v) is 6.75. The van der Waals surface area contributed by atoms with Gasteiger partial charge in [0.15, 0.2) is 0 Å². The van der Waals surface area contributed by atoms with Crippen molar-refractivity contribution in [2.24, 2.45) is 0 Å². The Balaban J connectivity index is 1.70. The molecule has 0 saturated heterocycles. The third-order valence-electron chi connectivity index (χ3n) is 4.65. The Morgan fingerprint density at radius 2 is 1.76 bits per heavy atom. The molecule has 1 unspecified atom stereocenters. The van der Waals surface area contributed by atoms with Gasteiger partial charge in [-0.3, -0.25) is 4.79 Å². The number of aromatic amines is 1. The van der Waals surface area contributed by atoms with Gasteiger partial charge in [-0.1, -0.05) is 42.5 Å². The van der Waals surface area contributed by atoms with Crippen LogP contribution in [0.4, 0.5) is 0 Å². The summed E-state index contributed by atoms with van der Waals surface area (Å²) in [4.78, 5) is 27.3. The third kappa shape index (κ3) is 5.72. The number of rotatable bonds is 8. The van der Waals surface area contributed by atoms with Crippen molar-refractivity contribution in [1.29, 1.82) is 0 Å². The summed E-state index contributed by atoms with van der Waals surface area (Å²) in [6.45, 7) is 0.194. The minimum atomic E-state index is -0.433. The van der Waals surface area contributed by atoms with E-state index in [9.17, 15) is 14.7 Å². The minimum absolute atomic E-state index is 0.163. The van der Waals surface area contributed by atoms with Crippen molar-refractivity contribution in [3.8, 4) is 5.75 Å². The normalized spacial score (nSPS) is 11.6. The molecule has 1 aromatic heterocycles. The summed E-state index contributed by atoms with van der Waals surface area (Å²) in [6, 6.07) is 18.0. The summed E-state index contributed by atoms with van der Waals surface area (Å²) in [5, 5.41) is 9.46. The second-order valence-electron chi connectivity index (χ2n) is 6.75. The van der Waals surface area contributed by atoms with Crippen LogP contribution in [-0.2, 0) is 27.3 Å². The highest BCUT2D eigenvalue weighted by molar-refractivity contribution is 5.89. The van der Waals surface area contributed by atoms with E-state index in [-0.39, 0.29) is 30.7 Å². The van der Waals surface area contributed by atoms with Gasteiger partial charge in [0.1, 0.15) is 12.4 Å². The van der Waals surface area contributed by atoms with E-state index >= 15 is 0 Å². The van der Waals surface area contributed by atoms with E-state index in [1.165, 1.54) is 7.11 Å². The molecule has 0 radical (unpaired) electrons. The van der Waals surface area contributed by atoms with Gasteiger partial charge in [0.05, 0.1) is 19.1 Å². The van der Waals surface area contributed by atoms with E-state index in [2.05, 4.69) is 4.98 Å². The highest BCUT2D eigenvalue weighted by atomic mass is 16.5. The smallest absolute Gasteiger partial charge is 0.340 e. The third-order valence-corrected chi connectivity index (χ3v) is 4.65. The molecule has 0 amide bonds. The maximum absolute atomic E-state index is 12.4. The van der Waals surface area contributed by atoms with E-state index in [1.807, 2.05) is 30.3 Å². The first-order valence-corrected chi connectivity index (χ1v) is 9.29. The predicted octanol–water partition coefficient (Wildman–Crippen LogP) is 3.97. The van der Waals surface area contributed by atoms with Crippen LogP contribution >= 0.6 is 0 Å². The number of carbonyl (C=O) groups is 2. The van der Waals surface area contributed by atoms with E-state index in [1.54, 1.807) is 36.5 Å². The van der Waals surface area contributed by atoms with Crippen molar-refractivity contribution in [1.82, 2.24) is 4.98 Å². The Morgan fingerprint density at radius 3 is 2.45 bits per heavy atom. The first-order chi connectivity index (χ1) is 14.0. The van der Waals surface area contributed by atoms with E-state index < -0.39 is 5.97 Å². The van der Waals surface area contributed by atoms with Gasteiger partial charge in [0.2, 0.25) is 0 Å². The lowest BCUT2D eigenvalue weighted by atomic mass is 9.93. The first-order valence-electron chi connectivity index (χ1n) is 9.29. The number of nitrogens with one attached hydrogen (secondary N) is 1. The van der Waals surface area contributed by atoms with Gasteiger partial charge in [-0.15, -0.1) is 0 Å². The van der Waals surface area contributed by atoms with Gasteiger partial charge >= 0.3 is 11.9 Å². The number of H-pyrrole nitrogens is 1. The quantitative estimate of drug-likeness (QED) is 0.566. The van der Waals surface area contributed by atoms with Crippen LogP contribution < -0.4 is 0 Å². The van der Waals surface area contributed by atoms with Gasteiger partial charge in [0, 0.05) is 17.8 Å². The Morgan fingerprint density at radius 1 is 1.03 bits per heavy atom. The Kier molecular flexibility index (Phi) is 6.68. The molecule has 3 rings (SSSR count). The van der Waals surface area contributed by atoms with Gasteiger partial charge in [0.25, 0.3) is 0 Å². The average Bonchev–Trinajstić information content (AvgIpc) is 3.24. The summed E-state index contributed by atoms with van der Waals surface area (Å²) < 4.78 is 10.2. The number of esters is 2. The summed E-state index contributed by atoms with van der Waals surface area (Å²) in [6.07, 6.45) is 2.30. The molecule has 1 heterocycles. The molecule has 0 aliphatic heterocycles. The van der Waals surface area contributed by atoms with Crippen LogP contribution in [0, 0.1) is 0 Å². The van der Waals surface area contributed by atoms with Crippen LogP contribution in [0.5, 0.6) is 5.75 Å². The molecule has 0 spiro atoms. The predicted molar refractivity (Wildman–Crippen MR) is 108 cm³/mol. The fourth-order valence-electron chi connectivity index (χ4n) is 3.07. The number of aromatic nitrogens is 1. The molecule has 0 bridgehead atoms. The number of hydrogen-bond acceptors (Lipinski definition) is 5. The van der Waals surface area contributed by atoms with E-state index in [4.69, 9.17) is 9.47 Å². The van der Waals surface area contributed by atoms with Crippen molar-refractivity contribution in [3.05, 3.63) is 89.2 Å². The number of benzene rings is 2. The molecule has 2 aromatic carbocycles. The highest BCUT2D eigenvalue weighted by Gasteiger charge is 2.21. The summed E-state index contributed by atoms with van der Waals surface area (Å²) in [5.41, 5.74) is 3.01. The van der Waals surface area contributed by atoms with Gasteiger partial charge in [-0.05, 0) is 35.7 Å². The molecular formula is C23H23NO5. The largest absolute Gasteiger partial charge is 0.508 e. The van der Waals surface area contributed by atoms with Crippen molar-refractivity contribution < 1.29 is 24.2 Å². The molecular weight excluding hydrogens is 370 g/mol. The fourth-order valence-corrected chi connectivity index (χ4v) is 3.07. The second kappa shape index (κ2) is 9.59. The Labute approximate surface area is 169 Å². The maximum Gasteiger partial charge on any atom is 0.340 e. The SMILES string of the molecule is COC(=O)CC(Cc1ccc(O)cc1)c1cc(C(=O)OCc2ccccc2)c[nH]1. The van der Waals surface area contributed by atoms with Crippen molar-refractivity contribution in [3.63, 3.8) is 0 Å². The molecule has 6 nitrogen and oxygen atoms in total. The minimum Gasteiger partial charge on any atom is -0.508 e. The summed E-state index contributed by atoms with van der Waals surface area (Å²) in [7, 11) is 1.35. The standard InChI is InChI=1S/C23H23NO5/c1-28-22(26)13-18(11-16-7-9-20(25)10-8-16)21-12-19(14-24-21)23(27)29-15-17-5-3-2-4-6-17/h2-10,12,14,18,24-25H,11,13,15H2,1H3. The Hall–Kier alpha value is -3.54. The lowest BCUT2D eigenvalue weighted by Gasteiger charge is -2.14. The molecule has 2 N–H and O–H groups in total. The molecule has 1 atom stereocenters. The Bertz CT molecular complexity index is 947. The van der Waals surface area contributed by atoms with E-state index in [0.29, 0.717) is 12.0 Å². The molecule has 3 aromatic rings. The number of ether oxygens (including phenoxy) is 2. The number of aromatic hydroxyl groups is 1. The first kappa shape index (κ1) is 20.2. The number of methoxy groups -OCH3 is 1. The van der Waals surface area contributed by atoms with Gasteiger partial charge in [-0.2, -0.15) is 0 Å². The monoisotopic (exact) mass is 393 g/mol. The number of phenolic OH excluding ortho intramolecular Hbond substituents is 1. The zero-order chi connectivity index (χ0) is 20.6. The molecule has 0 aliphatic carbocycles.